The molecule has 0 saturated carbocycles. The van der Waals surface area contributed by atoms with Crippen LogP contribution in [0.5, 0.6) is 5.75 Å². The quantitative estimate of drug-likeness (QED) is 0.738. The fourth-order valence-electron chi connectivity index (χ4n) is 1.25. The van der Waals surface area contributed by atoms with Gasteiger partial charge in [0.15, 0.2) is 0 Å². The van der Waals surface area contributed by atoms with Gasteiger partial charge in [-0.1, -0.05) is 12.1 Å². The Bertz CT molecular complexity index is 390. The van der Waals surface area contributed by atoms with Crippen molar-refractivity contribution < 1.29 is 9.15 Å². The lowest BCUT2D eigenvalue weighted by Gasteiger charge is -2.04. The Balaban J connectivity index is 1.98. The summed E-state index contributed by atoms with van der Waals surface area (Å²) in [7, 11) is 0. The maximum absolute atomic E-state index is 5.54. The van der Waals surface area contributed by atoms with Crippen LogP contribution in [-0.2, 0) is 6.61 Å². The Morgan fingerprint density at radius 1 is 1.21 bits per heavy atom. The summed E-state index contributed by atoms with van der Waals surface area (Å²) in [5.74, 6) is 1.72. The average Bonchev–Trinajstić information content (AvgIpc) is 2.67. The third-order valence-electron chi connectivity index (χ3n) is 1.95. The summed E-state index contributed by atoms with van der Waals surface area (Å²) in [6, 6.07) is 11.7. The van der Waals surface area contributed by atoms with Gasteiger partial charge in [-0.3, -0.25) is 0 Å². The largest absolute Gasteiger partial charge is 0.486 e. The van der Waals surface area contributed by atoms with Crippen LogP contribution >= 0.6 is 0 Å². The van der Waals surface area contributed by atoms with Gasteiger partial charge in [0.1, 0.15) is 18.1 Å². The molecule has 72 valence electrons. The van der Waals surface area contributed by atoms with Crippen LogP contribution in [0.25, 0.3) is 0 Å². The summed E-state index contributed by atoms with van der Waals surface area (Å²) in [5, 5.41) is 0. The Kier molecular flexibility index (Phi) is 2.54. The van der Waals surface area contributed by atoms with E-state index in [-0.39, 0.29) is 0 Å². The second-order valence-electron chi connectivity index (χ2n) is 3.18. The topological polar surface area (TPSA) is 22.4 Å². The zero-order chi connectivity index (χ0) is 9.80. The molecule has 0 radical (unpaired) electrons. The van der Waals surface area contributed by atoms with Gasteiger partial charge in [0.25, 0.3) is 0 Å². The molecule has 0 saturated heterocycles. The third kappa shape index (κ3) is 2.16. The van der Waals surface area contributed by atoms with E-state index in [1.807, 2.05) is 43.3 Å². The van der Waals surface area contributed by atoms with Crippen molar-refractivity contribution in [1.29, 1.82) is 0 Å². The van der Waals surface area contributed by atoms with E-state index in [1.165, 1.54) is 5.56 Å². The van der Waals surface area contributed by atoms with E-state index in [4.69, 9.17) is 9.15 Å². The minimum atomic E-state index is 0.483. The zero-order valence-corrected chi connectivity index (χ0v) is 8.07. The predicted octanol–water partition coefficient (Wildman–Crippen LogP) is 3.17. The van der Waals surface area contributed by atoms with E-state index >= 15 is 0 Å². The number of hydrogen-bond acceptors (Lipinski definition) is 2. The summed E-state index contributed by atoms with van der Waals surface area (Å²) in [6.07, 6.45) is 1.65. The summed E-state index contributed by atoms with van der Waals surface area (Å²) in [4.78, 5) is 0. The number of rotatable bonds is 3. The molecule has 2 heteroatoms. The van der Waals surface area contributed by atoms with E-state index in [1.54, 1.807) is 6.26 Å². The van der Waals surface area contributed by atoms with Gasteiger partial charge in [0.05, 0.1) is 6.26 Å². The normalized spacial score (nSPS) is 10.1. The lowest BCUT2D eigenvalue weighted by molar-refractivity contribution is 0.270. The van der Waals surface area contributed by atoms with Crippen LogP contribution in [-0.4, -0.2) is 0 Å². The Hall–Kier alpha value is -1.70. The van der Waals surface area contributed by atoms with Crippen LogP contribution < -0.4 is 4.74 Å². The minimum Gasteiger partial charge on any atom is -0.486 e. The molecule has 0 spiro atoms. The van der Waals surface area contributed by atoms with Crippen molar-refractivity contribution in [1.82, 2.24) is 0 Å². The van der Waals surface area contributed by atoms with Crippen molar-refractivity contribution in [3.63, 3.8) is 0 Å². The monoisotopic (exact) mass is 188 g/mol. The second-order valence-corrected chi connectivity index (χ2v) is 3.18. The number of furan rings is 1. The molecule has 1 aromatic carbocycles. The van der Waals surface area contributed by atoms with Gasteiger partial charge in [-0.2, -0.15) is 0 Å². The SMILES string of the molecule is Cc1cccc(OCc2ccco2)c1. The van der Waals surface area contributed by atoms with Gasteiger partial charge in [-0.25, -0.2) is 0 Å². The maximum atomic E-state index is 5.54. The molecular formula is C12H12O2. The third-order valence-corrected chi connectivity index (χ3v) is 1.95. The minimum absolute atomic E-state index is 0.483. The fourth-order valence-corrected chi connectivity index (χ4v) is 1.25. The Morgan fingerprint density at radius 3 is 2.86 bits per heavy atom. The van der Waals surface area contributed by atoms with Crippen LogP contribution in [0.3, 0.4) is 0 Å². The summed E-state index contributed by atoms with van der Waals surface area (Å²) >= 11 is 0. The molecule has 2 aromatic rings. The molecule has 0 fully saturated rings. The molecular weight excluding hydrogens is 176 g/mol. The fraction of sp³-hybridized carbons (Fsp3) is 0.167. The average molecular weight is 188 g/mol. The highest BCUT2D eigenvalue weighted by Gasteiger charge is 1.97. The second kappa shape index (κ2) is 4.01. The van der Waals surface area contributed by atoms with Crippen LogP contribution in [0.4, 0.5) is 0 Å². The van der Waals surface area contributed by atoms with E-state index in [9.17, 15) is 0 Å². The van der Waals surface area contributed by atoms with Crippen molar-refractivity contribution in [2.45, 2.75) is 13.5 Å². The molecule has 0 aliphatic rings. The molecule has 0 N–H and O–H groups in total. The van der Waals surface area contributed by atoms with Gasteiger partial charge >= 0.3 is 0 Å². The van der Waals surface area contributed by atoms with Gasteiger partial charge in [0.2, 0.25) is 0 Å². The van der Waals surface area contributed by atoms with Crippen LogP contribution in [0.15, 0.2) is 47.1 Å². The van der Waals surface area contributed by atoms with Crippen LogP contribution in [0.2, 0.25) is 0 Å². The van der Waals surface area contributed by atoms with Crippen molar-refractivity contribution >= 4 is 0 Å². The molecule has 1 aromatic heterocycles. The molecule has 0 bridgehead atoms. The zero-order valence-electron chi connectivity index (χ0n) is 8.07. The smallest absolute Gasteiger partial charge is 0.146 e. The number of benzene rings is 1. The number of ether oxygens (including phenoxy) is 1. The van der Waals surface area contributed by atoms with E-state index in [0.717, 1.165) is 11.5 Å². The van der Waals surface area contributed by atoms with Gasteiger partial charge in [-0.15, -0.1) is 0 Å². The van der Waals surface area contributed by atoms with Crippen molar-refractivity contribution in [3.8, 4) is 5.75 Å². The molecule has 0 aliphatic heterocycles. The first kappa shape index (κ1) is 8.88. The van der Waals surface area contributed by atoms with Gasteiger partial charge in [0, 0.05) is 0 Å². The molecule has 0 aliphatic carbocycles. The first-order valence-electron chi connectivity index (χ1n) is 4.56. The van der Waals surface area contributed by atoms with Crippen molar-refractivity contribution in [2.75, 3.05) is 0 Å². The number of hydrogen-bond donors (Lipinski definition) is 0. The Morgan fingerprint density at radius 2 is 2.14 bits per heavy atom. The highest BCUT2D eigenvalue weighted by atomic mass is 16.5. The van der Waals surface area contributed by atoms with E-state index in [0.29, 0.717) is 6.61 Å². The highest BCUT2D eigenvalue weighted by molar-refractivity contribution is 5.27. The number of aryl methyl sites for hydroxylation is 1. The van der Waals surface area contributed by atoms with E-state index in [2.05, 4.69) is 0 Å². The molecule has 2 rings (SSSR count). The van der Waals surface area contributed by atoms with Crippen LogP contribution in [0.1, 0.15) is 11.3 Å². The molecule has 2 nitrogen and oxygen atoms in total. The molecule has 0 atom stereocenters. The molecule has 0 unspecified atom stereocenters. The maximum Gasteiger partial charge on any atom is 0.146 e. The molecule has 14 heavy (non-hydrogen) atoms. The Labute approximate surface area is 83.1 Å². The van der Waals surface area contributed by atoms with Crippen molar-refractivity contribution in [3.05, 3.63) is 54.0 Å². The van der Waals surface area contributed by atoms with Gasteiger partial charge < -0.3 is 9.15 Å². The first-order valence-corrected chi connectivity index (χ1v) is 4.56. The standard InChI is InChI=1S/C12H12O2/c1-10-4-2-5-11(8-10)14-9-12-6-3-7-13-12/h2-8H,9H2,1H3. The molecule has 1 heterocycles. The van der Waals surface area contributed by atoms with Crippen molar-refractivity contribution in [2.24, 2.45) is 0 Å². The lowest BCUT2D eigenvalue weighted by atomic mass is 10.2. The van der Waals surface area contributed by atoms with Crippen LogP contribution in [0, 0.1) is 6.92 Å². The summed E-state index contributed by atoms with van der Waals surface area (Å²) < 4.78 is 10.7. The predicted molar refractivity (Wildman–Crippen MR) is 54.2 cm³/mol. The van der Waals surface area contributed by atoms with Gasteiger partial charge in [-0.05, 0) is 36.8 Å². The lowest BCUT2D eigenvalue weighted by Crippen LogP contribution is -1.93. The summed E-state index contributed by atoms with van der Waals surface area (Å²) in [5.41, 5.74) is 1.20. The summed E-state index contributed by atoms with van der Waals surface area (Å²) in [6.45, 7) is 2.52. The highest BCUT2D eigenvalue weighted by Crippen LogP contribution is 2.14. The van der Waals surface area contributed by atoms with E-state index < -0.39 is 0 Å². The molecule has 0 amide bonds. The first-order chi connectivity index (χ1) is 6.84.